The van der Waals surface area contributed by atoms with E-state index in [1.807, 2.05) is 4.90 Å². The Bertz CT molecular complexity index is 501. The number of anilines is 1. The Kier molecular flexibility index (Phi) is 4.57. The molecule has 1 saturated heterocycles. The molecule has 1 atom stereocenters. The molecule has 1 unspecified atom stereocenters. The lowest BCUT2D eigenvalue weighted by Crippen LogP contribution is -2.41. The molecule has 1 aromatic rings. The maximum Gasteiger partial charge on any atom is 0.225 e. The van der Waals surface area contributed by atoms with Crippen molar-refractivity contribution in [3.05, 3.63) is 11.1 Å². The molecule has 0 radical (unpaired) electrons. The van der Waals surface area contributed by atoms with E-state index < -0.39 is 0 Å². The summed E-state index contributed by atoms with van der Waals surface area (Å²) in [5, 5.41) is 12.4. The molecule has 21 heavy (non-hydrogen) atoms. The van der Waals surface area contributed by atoms with Crippen molar-refractivity contribution in [2.45, 2.75) is 57.7 Å². The SMILES string of the molecule is CC(=O)N(c1nc(CN2CCCCC2CO)cs1)C1CC1. The molecule has 1 N–H and O–H groups in total. The van der Waals surface area contributed by atoms with Crippen molar-refractivity contribution in [1.29, 1.82) is 0 Å². The molecular weight excluding hydrogens is 286 g/mol. The lowest BCUT2D eigenvalue weighted by molar-refractivity contribution is -0.116. The van der Waals surface area contributed by atoms with E-state index in [-0.39, 0.29) is 18.6 Å². The van der Waals surface area contributed by atoms with Crippen molar-refractivity contribution in [3.8, 4) is 0 Å². The number of piperidine rings is 1. The fourth-order valence-corrected chi connectivity index (χ4v) is 3.97. The van der Waals surface area contributed by atoms with Gasteiger partial charge in [-0.1, -0.05) is 6.42 Å². The van der Waals surface area contributed by atoms with Crippen LogP contribution in [0.25, 0.3) is 0 Å². The Morgan fingerprint density at radius 3 is 2.95 bits per heavy atom. The molecule has 1 aromatic heterocycles. The normalized spacial score (nSPS) is 23.2. The van der Waals surface area contributed by atoms with Crippen LogP contribution < -0.4 is 4.90 Å². The maximum atomic E-state index is 11.8. The number of carbonyl (C=O) groups is 1. The summed E-state index contributed by atoms with van der Waals surface area (Å²) in [6.07, 6.45) is 5.63. The molecule has 0 aromatic carbocycles. The number of aromatic nitrogens is 1. The van der Waals surface area contributed by atoms with E-state index in [9.17, 15) is 9.90 Å². The van der Waals surface area contributed by atoms with E-state index in [4.69, 9.17) is 0 Å². The summed E-state index contributed by atoms with van der Waals surface area (Å²) in [4.78, 5) is 20.6. The van der Waals surface area contributed by atoms with E-state index >= 15 is 0 Å². The fourth-order valence-electron chi connectivity index (χ4n) is 3.04. The van der Waals surface area contributed by atoms with Crippen molar-refractivity contribution in [2.24, 2.45) is 0 Å². The van der Waals surface area contributed by atoms with Crippen LogP contribution in [0.15, 0.2) is 5.38 Å². The molecule has 1 aliphatic heterocycles. The summed E-state index contributed by atoms with van der Waals surface area (Å²) >= 11 is 1.56. The average Bonchev–Trinajstić information content (AvgIpc) is 3.19. The monoisotopic (exact) mass is 309 g/mol. The van der Waals surface area contributed by atoms with Gasteiger partial charge in [0.15, 0.2) is 5.13 Å². The first-order valence-corrected chi connectivity index (χ1v) is 8.66. The van der Waals surface area contributed by atoms with Gasteiger partial charge in [0.25, 0.3) is 0 Å². The highest BCUT2D eigenvalue weighted by atomic mass is 32.1. The summed E-state index contributed by atoms with van der Waals surface area (Å²) in [7, 11) is 0. The average molecular weight is 309 g/mol. The Hall–Kier alpha value is -0.980. The zero-order chi connectivity index (χ0) is 14.8. The van der Waals surface area contributed by atoms with Crippen molar-refractivity contribution in [3.63, 3.8) is 0 Å². The molecule has 2 aliphatic rings. The third-order valence-corrected chi connectivity index (χ3v) is 5.21. The van der Waals surface area contributed by atoms with Gasteiger partial charge >= 0.3 is 0 Å². The molecule has 1 aliphatic carbocycles. The Balaban J connectivity index is 1.68. The quantitative estimate of drug-likeness (QED) is 0.904. The molecule has 5 nitrogen and oxygen atoms in total. The number of likely N-dealkylation sites (tertiary alicyclic amines) is 1. The number of carbonyl (C=O) groups excluding carboxylic acids is 1. The van der Waals surface area contributed by atoms with E-state index in [0.29, 0.717) is 6.04 Å². The van der Waals surface area contributed by atoms with E-state index in [1.54, 1.807) is 18.3 Å². The van der Waals surface area contributed by atoms with Gasteiger partial charge in [-0.25, -0.2) is 4.98 Å². The van der Waals surface area contributed by atoms with Gasteiger partial charge in [-0.05, 0) is 32.2 Å². The van der Waals surface area contributed by atoms with Crippen molar-refractivity contribution < 1.29 is 9.90 Å². The molecule has 1 amide bonds. The van der Waals surface area contributed by atoms with Crippen LogP contribution in [-0.4, -0.2) is 46.1 Å². The summed E-state index contributed by atoms with van der Waals surface area (Å²) in [5.74, 6) is 0.0876. The summed E-state index contributed by atoms with van der Waals surface area (Å²) in [6.45, 7) is 3.64. The van der Waals surface area contributed by atoms with Gasteiger partial charge in [0, 0.05) is 30.9 Å². The summed E-state index contributed by atoms with van der Waals surface area (Å²) < 4.78 is 0. The number of aliphatic hydroxyl groups is 1. The number of amides is 1. The van der Waals surface area contributed by atoms with E-state index in [0.717, 1.165) is 43.2 Å². The Morgan fingerprint density at radius 1 is 1.48 bits per heavy atom. The van der Waals surface area contributed by atoms with Gasteiger partial charge in [0.2, 0.25) is 5.91 Å². The minimum Gasteiger partial charge on any atom is -0.395 e. The van der Waals surface area contributed by atoms with Crippen LogP contribution in [0.2, 0.25) is 0 Å². The van der Waals surface area contributed by atoms with Gasteiger partial charge in [-0.3, -0.25) is 14.6 Å². The number of hydrogen-bond acceptors (Lipinski definition) is 5. The molecule has 0 spiro atoms. The Labute approximate surface area is 129 Å². The number of hydrogen-bond donors (Lipinski definition) is 1. The second kappa shape index (κ2) is 6.42. The van der Waals surface area contributed by atoms with Crippen molar-refractivity contribution >= 4 is 22.4 Å². The predicted octanol–water partition coefficient (Wildman–Crippen LogP) is 2.01. The van der Waals surface area contributed by atoms with Gasteiger partial charge in [-0.15, -0.1) is 11.3 Å². The highest BCUT2D eigenvalue weighted by Gasteiger charge is 2.34. The van der Waals surface area contributed by atoms with Crippen LogP contribution in [0.1, 0.15) is 44.7 Å². The third kappa shape index (κ3) is 3.44. The molecule has 3 rings (SSSR count). The third-order valence-electron chi connectivity index (χ3n) is 4.32. The van der Waals surface area contributed by atoms with Crippen LogP contribution in [0.3, 0.4) is 0 Å². The van der Waals surface area contributed by atoms with E-state index in [2.05, 4.69) is 15.3 Å². The molecule has 1 saturated carbocycles. The number of nitrogens with zero attached hydrogens (tertiary/aromatic N) is 3. The minimum atomic E-state index is 0.0876. The van der Waals surface area contributed by atoms with Crippen molar-refractivity contribution in [1.82, 2.24) is 9.88 Å². The smallest absolute Gasteiger partial charge is 0.225 e. The van der Waals surface area contributed by atoms with Gasteiger partial charge in [0.05, 0.1) is 12.3 Å². The van der Waals surface area contributed by atoms with Crippen LogP contribution in [0, 0.1) is 0 Å². The first-order chi connectivity index (χ1) is 10.2. The molecule has 116 valence electrons. The second-order valence-corrected chi connectivity index (χ2v) is 6.88. The number of thiazole rings is 1. The first kappa shape index (κ1) is 14.9. The molecule has 2 fully saturated rings. The molecule has 6 heteroatoms. The highest BCUT2D eigenvalue weighted by Crippen LogP contribution is 2.34. The minimum absolute atomic E-state index is 0.0876. The highest BCUT2D eigenvalue weighted by molar-refractivity contribution is 7.14. The van der Waals surface area contributed by atoms with Crippen LogP contribution in [0.4, 0.5) is 5.13 Å². The summed E-state index contributed by atoms with van der Waals surface area (Å²) in [6, 6.07) is 0.623. The lowest BCUT2D eigenvalue weighted by Gasteiger charge is -2.33. The summed E-state index contributed by atoms with van der Waals surface area (Å²) in [5.41, 5.74) is 1.02. The van der Waals surface area contributed by atoms with Gasteiger partial charge < -0.3 is 5.11 Å². The largest absolute Gasteiger partial charge is 0.395 e. The van der Waals surface area contributed by atoms with Crippen LogP contribution in [-0.2, 0) is 11.3 Å². The van der Waals surface area contributed by atoms with Crippen LogP contribution >= 0.6 is 11.3 Å². The predicted molar refractivity (Wildman–Crippen MR) is 83.4 cm³/mol. The molecular formula is C15H23N3O2S. The fraction of sp³-hybridized carbons (Fsp3) is 0.733. The lowest BCUT2D eigenvalue weighted by atomic mass is 10.0. The van der Waals surface area contributed by atoms with Crippen molar-refractivity contribution in [2.75, 3.05) is 18.1 Å². The standard InChI is InChI=1S/C15H23N3O2S/c1-11(20)18(13-5-6-13)15-16-12(10-21-15)8-17-7-3-2-4-14(17)9-19/h10,13-14,19H,2-9H2,1H3. The maximum absolute atomic E-state index is 11.8. The zero-order valence-corrected chi connectivity index (χ0v) is 13.3. The second-order valence-electron chi connectivity index (χ2n) is 6.04. The topological polar surface area (TPSA) is 56.7 Å². The van der Waals surface area contributed by atoms with Gasteiger partial charge in [0.1, 0.15) is 0 Å². The number of aliphatic hydroxyl groups excluding tert-OH is 1. The molecule has 0 bridgehead atoms. The van der Waals surface area contributed by atoms with E-state index in [1.165, 1.54) is 12.8 Å². The zero-order valence-electron chi connectivity index (χ0n) is 12.5. The first-order valence-electron chi connectivity index (χ1n) is 7.78. The number of rotatable bonds is 5. The van der Waals surface area contributed by atoms with Gasteiger partial charge in [-0.2, -0.15) is 0 Å². The Morgan fingerprint density at radius 2 is 2.29 bits per heavy atom. The van der Waals surface area contributed by atoms with Crippen LogP contribution in [0.5, 0.6) is 0 Å². The molecule has 2 heterocycles.